The van der Waals surface area contributed by atoms with Crippen LogP contribution in [-0.4, -0.2) is 46.5 Å². The van der Waals surface area contributed by atoms with Crippen molar-refractivity contribution in [3.05, 3.63) is 60.3 Å². The molecule has 1 aliphatic heterocycles. The lowest BCUT2D eigenvalue weighted by molar-refractivity contribution is 0.122. The van der Waals surface area contributed by atoms with E-state index in [0.717, 1.165) is 52.7 Å². The van der Waals surface area contributed by atoms with E-state index in [1.807, 2.05) is 24.4 Å². The van der Waals surface area contributed by atoms with Crippen molar-refractivity contribution in [2.45, 2.75) is 6.92 Å². The zero-order valence-electron chi connectivity index (χ0n) is 16.2. The Kier molecular flexibility index (Phi) is 4.57. The average Bonchev–Trinajstić information content (AvgIpc) is 3.22. The molecule has 0 atom stereocenters. The molecule has 3 heterocycles. The number of hydrogen-bond donors (Lipinski definition) is 2. The van der Waals surface area contributed by atoms with Crippen molar-refractivity contribution >= 4 is 28.4 Å². The van der Waals surface area contributed by atoms with Crippen molar-refractivity contribution in [2.24, 2.45) is 0 Å². The Morgan fingerprint density at radius 1 is 1.03 bits per heavy atom. The Bertz CT molecular complexity index is 1150. The van der Waals surface area contributed by atoms with E-state index >= 15 is 0 Å². The number of benzene rings is 2. The average molecular weight is 386 g/mol. The predicted molar refractivity (Wildman–Crippen MR) is 115 cm³/mol. The quantitative estimate of drug-likeness (QED) is 0.554. The number of anilines is 3. The zero-order chi connectivity index (χ0) is 19.6. The first-order chi connectivity index (χ1) is 14.2. The van der Waals surface area contributed by atoms with Gasteiger partial charge in [0.25, 0.3) is 0 Å². The summed E-state index contributed by atoms with van der Waals surface area (Å²) in [5.74, 6) is 1.49. The van der Waals surface area contributed by atoms with E-state index in [4.69, 9.17) is 14.7 Å². The molecule has 1 saturated heterocycles. The summed E-state index contributed by atoms with van der Waals surface area (Å²) in [5, 5.41) is 11.6. The molecule has 0 aliphatic carbocycles. The normalized spacial score (nSPS) is 14.3. The summed E-state index contributed by atoms with van der Waals surface area (Å²) in [6, 6.07) is 16.5. The van der Waals surface area contributed by atoms with Gasteiger partial charge in [-0.3, -0.25) is 5.10 Å². The Labute approximate surface area is 168 Å². The molecule has 5 rings (SSSR count). The molecular weight excluding hydrogens is 364 g/mol. The lowest BCUT2D eigenvalue weighted by Gasteiger charge is -2.27. The molecule has 0 amide bonds. The van der Waals surface area contributed by atoms with Gasteiger partial charge in [-0.05, 0) is 31.2 Å². The number of morpholine rings is 1. The minimum Gasteiger partial charge on any atom is -0.378 e. The highest BCUT2D eigenvalue weighted by Gasteiger charge is 2.16. The number of hydrogen-bond acceptors (Lipinski definition) is 6. The van der Waals surface area contributed by atoms with Crippen LogP contribution >= 0.6 is 0 Å². The van der Waals surface area contributed by atoms with Gasteiger partial charge in [0, 0.05) is 35.8 Å². The summed E-state index contributed by atoms with van der Waals surface area (Å²) in [6.45, 7) is 5.05. The summed E-state index contributed by atoms with van der Waals surface area (Å²) in [5.41, 5.74) is 5.15. The molecule has 1 aliphatic rings. The summed E-state index contributed by atoms with van der Waals surface area (Å²) in [4.78, 5) is 11.8. The van der Waals surface area contributed by atoms with Crippen LogP contribution < -0.4 is 10.2 Å². The van der Waals surface area contributed by atoms with E-state index in [1.165, 1.54) is 5.56 Å². The summed E-state index contributed by atoms with van der Waals surface area (Å²) >= 11 is 0. The number of ether oxygens (including phenoxy) is 1. The van der Waals surface area contributed by atoms with E-state index in [1.54, 1.807) is 0 Å². The fourth-order valence-corrected chi connectivity index (χ4v) is 3.52. The molecule has 1 fully saturated rings. The van der Waals surface area contributed by atoms with Crippen LogP contribution in [-0.2, 0) is 4.74 Å². The molecule has 2 aromatic heterocycles. The molecule has 2 aromatic carbocycles. The maximum absolute atomic E-state index is 5.49. The van der Waals surface area contributed by atoms with E-state index in [0.29, 0.717) is 13.2 Å². The molecule has 29 heavy (non-hydrogen) atoms. The third kappa shape index (κ3) is 3.77. The highest BCUT2D eigenvalue weighted by molar-refractivity contribution is 5.83. The van der Waals surface area contributed by atoms with Gasteiger partial charge in [0.15, 0.2) is 0 Å². The lowest BCUT2D eigenvalue weighted by Crippen LogP contribution is -2.37. The number of nitrogens with zero attached hydrogens (tertiary/aromatic N) is 4. The number of aromatic nitrogens is 4. The third-order valence-electron chi connectivity index (χ3n) is 5.03. The van der Waals surface area contributed by atoms with E-state index in [2.05, 4.69) is 57.7 Å². The molecule has 0 spiro atoms. The number of fused-ring (bicyclic) bond motifs is 1. The second-order valence-electron chi connectivity index (χ2n) is 7.20. The maximum Gasteiger partial charge on any atom is 0.228 e. The number of aromatic amines is 1. The van der Waals surface area contributed by atoms with Crippen LogP contribution in [0.2, 0.25) is 0 Å². The van der Waals surface area contributed by atoms with Gasteiger partial charge in [0.05, 0.1) is 30.6 Å². The second kappa shape index (κ2) is 7.52. The van der Waals surface area contributed by atoms with Gasteiger partial charge < -0.3 is 15.0 Å². The smallest absolute Gasteiger partial charge is 0.228 e. The summed E-state index contributed by atoms with van der Waals surface area (Å²) in [7, 11) is 0. The Hall–Kier alpha value is -3.45. The van der Waals surface area contributed by atoms with E-state index < -0.39 is 0 Å². The van der Waals surface area contributed by atoms with Gasteiger partial charge >= 0.3 is 0 Å². The Balaban J connectivity index is 1.54. The first kappa shape index (κ1) is 17.6. The van der Waals surface area contributed by atoms with Crippen LogP contribution in [0.1, 0.15) is 5.56 Å². The molecule has 146 valence electrons. The van der Waals surface area contributed by atoms with Crippen molar-refractivity contribution in [1.82, 2.24) is 20.2 Å². The molecule has 0 unspecified atom stereocenters. The van der Waals surface area contributed by atoms with Crippen LogP contribution in [0.25, 0.3) is 22.2 Å². The van der Waals surface area contributed by atoms with Gasteiger partial charge in [-0.2, -0.15) is 10.1 Å². The zero-order valence-corrected chi connectivity index (χ0v) is 16.2. The van der Waals surface area contributed by atoms with Gasteiger partial charge in [-0.25, -0.2) is 4.98 Å². The van der Waals surface area contributed by atoms with Crippen molar-refractivity contribution in [3.63, 3.8) is 0 Å². The second-order valence-corrected chi connectivity index (χ2v) is 7.20. The molecular formula is C22H22N6O. The third-order valence-corrected chi connectivity index (χ3v) is 5.03. The first-order valence-electron chi connectivity index (χ1n) is 9.74. The van der Waals surface area contributed by atoms with Crippen LogP contribution in [0, 0.1) is 6.92 Å². The molecule has 0 radical (unpaired) electrons. The molecule has 7 heteroatoms. The fourth-order valence-electron chi connectivity index (χ4n) is 3.52. The SMILES string of the molecule is Cc1cccc(-c2cc(Nc3ccc4[nH]ncc4c3)nc(N3CCOCC3)n2)c1. The van der Waals surface area contributed by atoms with Crippen LogP contribution in [0.3, 0.4) is 0 Å². The summed E-state index contributed by atoms with van der Waals surface area (Å²) < 4.78 is 5.49. The van der Waals surface area contributed by atoms with Crippen LogP contribution in [0.15, 0.2) is 54.7 Å². The fraction of sp³-hybridized carbons (Fsp3) is 0.227. The van der Waals surface area contributed by atoms with Crippen LogP contribution in [0.5, 0.6) is 0 Å². The lowest BCUT2D eigenvalue weighted by atomic mass is 10.1. The van der Waals surface area contributed by atoms with Crippen molar-refractivity contribution in [1.29, 1.82) is 0 Å². The van der Waals surface area contributed by atoms with Gasteiger partial charge in [-0.15, -0.1) is 0 Å². The highest BCUT2D eigenvalue weighted by Crippen LogP contribution is 2.27. The minimum absolute atomic E-state index is 0.692. The van der Waals surface area contributed by atoms with Gasteiger partial charge in [0.1, 0.15) is 5.82 Å². The number of rotatable bonds is 4. The molecule has 4 aromatic rings. The standard InChI is InChI=1S/C22H22N6O/c1-15-3-2-4-16(11-15)20-13-21(26-22(25-20)28-7-9-29-10-8-28)24-18-5-6-19-17(12-18)14-23-27-19/h2-6,11-14H,7-10H2,1H3,(H,23,27)(H,24,25,26). The largest absolute Gasteiger partial charge is 0.378 e. The monoisotopic (exact) mass is 386 g/mol. The molecule has 0 bridgehead atoms. The van der Waals surface area contributed by atoms with Crippen molar-refractivity contribution in [3.8, 4) is 11.3 Å². The van der Waals surface area contributed by atoms with E-state index in [-0.39, 0.29) is 0 Å². The first-order valence-corrected chi connectivity index (χ1v) is 9.74. The highest BCUT2D eigenvalue weighted by atomic mass is 16.5. The van der Waals surface area contributed by atoms with Crippen LogP contribution in [0.4, 0.5) is 17.5 Å². The topological polar surface area (TPSA) is 79.0 Å². The Morgan fingerprint density at radius 2 is 1.93 bits per heavy atom. The number of aryl methyl sites for hydroxylation is 1. The predicted octanol–water partition coefficient (Wildman–Crippen LogP) is 3.91. The number of H-pyrrole nitrogens is 1. The summed E-state index contributed by atoms with van der Waals surface area (Å²) in [6.07, 6.45) is 1.82. The van der Waals surface area contributed by atoms with Crippen molar-refractivity contribution < 1.29 is 4.74 Å². The Morgan fingerprint density at radius 3 is 2.79 bits per heavy atom. The van der Waals surface area contributed by atoms with E-state index in [9.17, 15) is 0 Å². The van der Waals surface area contributed by atoms with Gasteiger partial charge in [-0.1, -0.05) is 23.8 Å². The minimum atomic E-state index is 0.692. The molecule has 7 nitrogen and oxygen atoms in total. The molecule has 0 saturated carbocycles. The maximum atomic E-state index is 5.49. The van der Waals surface area contributed by atoms with Gasteiger partial charge in [0.2, 0.25) is 5.95 Å². The van der Waals surface area contributed by atoms with Crippen molar-refractivity contribution in [2.75, 3.05) is 36.5 Å². The molecule has 2 N–H and O–H groups in total. The number of nitrogens with one attached hydrogen (secondary N) is 2.